The minimum Gasteiger partial charge on any atom is -0.296 e. The Hall–Kier alpha value is -1.76. The van der Waals surface area contributed by atoms with Crippen molar-refractivity contribution in [3.63, 3.8) is 0 Å². The quantitative estimate of drug-likeness (QED) is 0.690. The Morgan fingerprint density at radius 1 is 1.17 bits per heavy atom. The van der Waals surface area contributed by atoms with E-state index in [1.165, 1.54) is 22.7 Å². The Morgan fingerprint density at radius 3 is 2.58 bits per heavy atom. The van der Waals surface area contributed by atoms with Crippen molar-refractivity contribution in [1.82, 2.24) is 24.3 Å². The summed E-state index contributed by atoms with van der Waals surface area (Å²) >= 11 is 7.32. The third-order valence-electron chi connectivity index (χ3n) is 4.14. The van der Waals surface area contributed by atoms with Gasteiger partial charge in [0.1, 0.15) is 10.0 Å². The maximum atomic E-state index is 6.10. The van der Waals surface area contributed by atoms with Crippen LogP contribution in [0.15, 0.2) is 24.3 Å². The normalized spacial score (nSPS) is 11.4. The standard InChI is InChI=1S/C17H20ClN5S/c1-11-7-5-6-8-16(11)23-13(3)14(12(2)20-23)9-22(4)10-15-17(18)24-21-19-15/h5-8H,9-10H2,1-4H3. The lowest BCUT2D eigenvalue weighted by molar-refractivity contribution is 0.313. The van der Waals surface area contributed by atoms with Crippen LogP contribution in [-0.2, 0) is 13.1 Å². The molecule has 0 saturated carbocycles. The minimum atomic E-state index is 0.658. The highest BCUT2D eigenvalue weighted by molar-refractivity contribution is 7.10. The van der Waals surface area contributed by atoms with Crippen molar-refractivity contribution in [1.29, 1.82) is 0 Å². The summed E-state index contributed by atoms with van der Waals surface area (Å²) in [7, 11) is 2.06. The number of hydrogen-bond acceptors (Lipinski definition) is 5. The molecule has 2 heterocycles. The van der Waals surface area contributed by atoms with Gasteiger partial charge in [0, 0.05) is 35.9 Å². The molecule has 5 nitrogen and oxygen atoms in total. The molecule has 0 radical (unpaired) electrons. The summed E-state index contributed by atoms with van der Waals surface area (Å²) < 4.78 is 6.58. The molecule has 0 aliphatic carbocycles. The lowest BCUT2D eigenvalue weighted by Gasteiger charge is -2.16. The van der Waals surface area contributed by atoms with Crippen LogP contribution in [0.5, 0.6) is 0 Å². The largest absolute Gasteiger partial charge is 0.296 e. The molecule has 0 spiro atoms. The highest BCUT2D eigenvalue weighted by Gasteiger charge is 2.16. The van der Waals surface area contributed by atoms with E-state index in [0.29, 0.717) is 10.9 Å². The summed E-state index contributed by atoms with van der Waals surface area (Å²) in [5.41, 5.74) is 6.61. The van der Waals surface area contributed by atoms with E-state index in [4.69, 9.17) is 16.7 Å². The highest BCUT2D eigenvalue weighted by atomic mass is 35.5. The van der Waals surface area contributed by atoms with Crippen molar-refractivity contribution >= 4 is 23.1 Å². The molecular formula is C17H20ClN5S. The van der Waals surface area contributed by atoms with E-state index in [-0.39, 0.29) is 0 Å². The van der Waals surface area contributed by atoms with E-state index < -0.39 is 0 Å². The maximum absolute atomic E-state index is 6.10. The van der Waals surface area contributed by atoms with Crippen LogP contribution < -0.4 is 0 Å². The number of aromatic nitrogens is 4. The molecule has 0 N–H and O–H groups in total. The second-order valence-electron chi connectivity index (χ2n) is 6.01. The molecule has 0 atom stereocenters. The molecule has 24 heavy (non-hydrogen) atoms. The van der Waals surface area contributed by atoms with Crippen molar-refractivity contribution in [2.75, 3.05) is 7.05 Å². The highest BCUT2D eigenvalue weighted by Crippen LogP contribution is 2.23. The van der Waals surface area contributed by atoms with Crippen LogP contribution in [0.4, 0.5) is 0 Å². The Kier molecular flexibility index (Phi) is 4.99. The number of benzene rings is 1. The van der Waals surface area contributed by atoms with Gasteiger partial charge >= 0.3 is 0 Å². The lowest BCUT2D eigenvalue weighted by atomic mass is 10.1. The van der Waals surface area contributed by atoms with Gasteiger partial charge in [-0.2, -0.15) is 5.10 Å². The Bertz CT molecular complexity index is 855. The molecule has 0 fully saturated rings. The molecule has 0 saturated heterocycles. The summed E-state index contributed by atoms with van der Waals surface area (Å²) in [6, 6.07) is 8.30. The molecule has 1 aromatic carbocycles. The van der Waals surface area contributed by atoms with Gasteiger partial charge in [0.25, 0.3) is 0 Å². The number of para-hydroxylation sites is 1. The predicted octanol–water partition coefficient (Wildman–Crippen LogP) is 3.93. The molecule has 0 aliphatic rings. The summed E-state index contributed by atoms with van der Waals surface area (Å²) in [5, 5.41) is 8.83. The van der Waals surface area contributed by atoms with Gasteiger partial charge in [-0.15, -0.1) is 5.10 Å². The zero-order chi connectivity index (χ0) is 17.3. The first kappa shape index (κ1) is 17.1. The van der Waals surface area contributed by atoms with E-state index in [0.717, 1.165) is 29.3 Å². The Labute approximate surface area is 151 Å². The van der Waals surface area contributed by atoms with Gasteiger partial charge in [-0.05, 0) is 39.4 Å². The molecule has 0 aliphatic heterocycles. The molecular weight excluding hydrogens is 342 g/mol. The van der Waals surface area contributed by atoms with Crippen molar-refractivity contribution in [2.24, 2.45) is 0 Å². The van der Waals surface area contributed by atoms with E-state index in [2.05, 4.69) is 54.4 Å². The third kappa shape index (κ3) is 3.36. The Morgan fingerprint density at radius 2 is 1.92 bits per heavy atom. The lowest BCUT2D eigenvalue weighted by Crippen LogP contribution is -2.18. The van der Waals surface area contributed by atoms with E-state index >= 15 is 0 Å². The van der Waals surface area contributed by atoms with E-state index in [9.17, 15) is 0 Å². The average molecular weight is 362 g/mol. The van der Waals surface area contributed by atoms with Crippen molar-refractivity contribution in [3.05, 3.63) is 56.8 Å². The Balaban J connectivity index is 1.84. The predicted molar refractivity (Wildman–Crippen MR) is 97.9 cm³/mol. The summed E-state index contributed by atoms with van der Waals surface area (Å²) in [5.74, 6) is 0. The molecule has 0 amide bonds. The summed E-state index contributed by atoms with van der Waals surface area (Å²) in [6.45, 7) is 7.74. The number of aryl methyl sites for hydroxylation is 2. The maximum Gasteiger partial charge on any atom is 0.138 e. The first-order valence-corrected chi connectivity index (χ1v) is 8.89. The van der Waals surface area contributed by atoms with Crippen molar-refractivity contribution in [2.45, 2.75) is 33.9 Å². The molecule has 3 rings (SSSR count). The zero-order valence-electron chi connectivity index (χ0n) is 14.2. The summed E-state index contributed by atoms with van der Waals surface area (Å²) in [6.07, 6.45) is 0. The van der Waals surface area contributed by atoms with Crippen LogP contribution in [0, 0.1) is 20.8 Å². The van der Waals surface area contributed by atoms with Crippen LogP contribution in [-0.4, -0.2) is 31.3 Å². The fraction of sp³-hybridized carbons (Fsp3) is 0.353. The summed E-state index contributed by atoms with van der Waals surface area (Å²) in [4.78, 5) is 2.18. The molecule has 3 aromatic rings. The number of hydrogen-bond donors (Lipinski definition) is 0. The zero-order valence-corrected chi connectivity index (χ0v) is 15.8. The average Bonchev–Trinajstić information content (AvgIpc) is 3.06. The molecule has 2 aromatic heterocycles. The third-order valence-corrected chi connectivity index (χ3v) is 5.13. The fourth-order valence-corrected chi connectivity index (χ4v) is 3.42. The number of halogens is 1. The van der Waals surface area contributed by atoms with Gasteiger partial charge < -0.3 is 0 Å². The van der Waals surface area contributed by atoms with Crippen LogP contribution in [0.3, 0.4) is 0 Å². The van der Waals surface area contributed by atoms with Gasteiger partial charge in [-0.1, -0.05) is 34.3 Å². The molecule has 126 valence electrons. The first-order chi connectivity index (χ1) is 11.5. The monoisotopic (exact) mass is 361 g/mol. The molecule has 0 unspecified atom stereocenters. The smallest absolute Gasteiger partial charge is 0.138 e. The minimum absolute atomic E-state index is 0.658. The van der Waals surface area contributed by atoms with Gasteiger partial charge in [0.2, 0.25) is 0 Å². The fourth-order valence-electron chi connectivity index (χ4n) is 2.81. The van der Waals surface area contributed by atoms with Crippen LogP contribution in [0.25, 0.3) is 5.69 Å². The second kappa shape index (κ2) is 7.01. The van der Waals surface area contributed by atoms with Gasteiger partial charge in [-0.25, -0.2) is 4.68 Å². The van der Waals surface area contributed by atoms with Gasteiger partial charge in [-0.3, -0.25) is 4.90 Å². The van der Waals surface area contributed by atoms with Gasteiger partial charge in [0.05, 0.1) is 11.4 Å². The van der Waals surface area contributed by atoms with Crippen molar-refractivity contribution < 1.29 is 0 Å². The number of rotatable bonds is 5. The van der Waals surface area contributed by atoms with E-state index in [1.807, 2.05) is 16.8 Å². The molecule has 0 bridgehead atoms. The van der Waals surface area contributed by atoms with Crippen LogP contribution in [0.2, 0.25) is 4.34 Å². The topological polar surface area (TPSA) is 46.8 Å². The van der Waals surface area contributed by atoms with Crippen molar-refractivity contribution in [3.8, 4) is 5.69 Å². The first-order valence-electron chi connectivity index (χ1n) is 7.73. The van der Waals surface area contributed by atoms with Crippen LogP contribution in [0.1, 0.15) is 28.2 Å². The van der Waals surface area contributed by atoms with Crippen LogP contribution >= 0.6 is 23.1 Å². The molecule has 7 heteroatoms. The van der Waals surface area contributed by atoms with Gasteiger partial charge in [0.15, 0.2) is 0 Å². The SMILES string of the molecule is Cc1ccccc1-n1nc(C)c(CN(C)Cc2nnsc2Cl)c1C. The second-order valence-corrected chi connectivity index (χ2v) is 7.37. The van der Waals surface area contributed by atoms with E-state index in [1.54, 1.807) is 0 Å². The number of nitrogens with zero attached hydrogens (tertiary/aromatic N) is 5.